The lowest BCUT2D eigenvalue weighted by Crippen LogP contribution is -2.42. The molecule has 166 valence electrons. The summed E-state index contributed by atoms with van der Waals surface area (Å²) in [6.45, 7) is 4.42. The van der Waals surface area contributed by atoms with Gasteiger partial charge < -0.3 is 15.1 Å². The van der Waals surface area contributed by atoms with Crippen molar-refractivity contribution in [3.05, 3.63) is 83.2 Å². The Balaban J connectivity index is 1.14. The number of carbonyl (C=O) groups is 1. The van der Waals surface area contributed by atoms with E-state index in [0.717, 1.165) is 51.0 Å². The zero-order chi connectivity index (χ0) is 21.9. The summed E-state index contributed by atoms with van der Waals surface area (Å²) in [5.41, 5.74) is 5.85. The molecule has 0 unspecified atom stereocenters. The van der Waals surface area contributed by atoms with Gasteiger partial charge in [-0.1, -0.05) is 24.3 Å². The second-order valence-electron chi connectivity index (χ2n) is 8.96. The number of hydrogen-bond donors (Lipinski definition) is 1. The molecule has 2 aliphatic heterocycles. The van der Waals surface area contributed by atoms with E-state index in [-0.39, 0.29) is 5.91 Å². The topological polar surface area (TPSA) is 53.4 Å². The van der Waals surface area contributed by atoms with E-state index < -0.39 is 0 Å². The van der Waals surface area contributed by atoms with Gasteiger partial charge in [-0.05, 0) is 54.7 Å². The number of hydrogen-bond acceptors (Lipinski definition) is 4. The molecule has 0 atom stereocenters. The van der Waals surface area contributed by atoms with Crippen LogP contribution in [0.5, 0.6) is 0 Å². The zero-order valence-electron chi connectivity index (χ0n) is 18.7. The number of anilines is 1. The van der Waals surface area contributed by atoms with Crippen molar-refractivity contribution in [1.82, 2.24) is 20.0 Å². The van der Waals surface area contributed by atoms with E-state index in [1.807, 2.05) is 35.0 Å². The lowest BCUT2D eigenvalue weighted by molar-refractivity contribution is 0.0734. The first-order valence-electron chi connectivity index (χ1n) is 11.6. The first kappa shape index (κ1) is 20.8. The molecule has 0 radical (unpaired) electrons. The average molecular weight is 430 g/mol. The van der Waals surface area contributed by atoms with Crippen molar-refractivity contribution in [2.24, 2.45) is 7.05 Å². The van der Waals surface area contributed by atoms with Crippen LogP contribution in [0.3, 0.4) is 0 Å². The third kappa shape index (κ3) is 4.55. The Morgan fingerprint density at radius 1 is 1.03 bits per heavy atom. The fourth-order valence-corrected chi connectivity index (χ4v) is 4.83. The van der Waals surface area contributed by atoms with Crippen molar-refractivity contribution in [2.75, 3.05) is 24.5 Å². The molecule has 1 aromatic heterocycles. The number of carbonyl (C=O) groups excluding carboxylic acids is 1. The first-order valence-corrected chi connectivity index (χ1v) is 11.6. The molecule has 1 fully saturated rings. The van der Waals surface area contributed by atoms with E-state index in [0.29, 0.717) is 12.6 Å². The smallest absolute Gasteiger partial charge is 0.254 e. The summed E-state index contributed by atoms with van der Waals surface area (Å²) in [4.78, 5) is 17.4. The van der Waals surface area contributed by atoms with Gasteiger partial charge in [0.15, 0.2) is 0 Å². The minimum absolute atomic E-state index is 0.129. The second kappa shape index (κ2) is 9.17. The van der Waals surface area contributed by atoms with Gasteiger partial charge in [-0.25, -0.2) is 0 Å². The van der Waals surface area contributed by atoms with Crippen molar-refractivity contribution < 1.29 is 4.79 Å². The molecule has 2 aromatic carbocycles. The van der Waals surface area contributed by atoms with Crippen LogP contribution in [-0.2, 0) is 26.6 Å². The molecule has 3 heterocycles. The standard InChI is InChI=1S/C26H31N5O/c1-29-18-20(17-28-29)16-27-24-11-14-30(15-12-24)25-8-6-22(7-9-25)26(32)31-13-10-21-4-2-3-5-23(21)19-31/h2-9,17-18,24,27H,10-16,19H2,1H3. The van der Waals surface area contributed by atoms with Crippen LogP contribution in [0.1, 0.15) is 39.9 Å². The molecular formula is C26H31N5O. The molecule has 6 nitrogen and oxygen atoms in total. The summed E-state index contributed by atoms with van der Waals surface area (Å²) in [6, 6.07) is 17.2. The largest absolute Gasteiger partial charge is 0.371 e. The Kier molecular flexibility index (Phi) is 5.95. The van der Waals surface area contributed by atoms with Gasteiger partial charge in [0.05, 0.1) is 6.20 Å². The number of nitrogens with zero attached hydrogens (tertiary/aromatic N) is 4. The van der Waals surface area contributed by atoms with E-state index in [2.05, 4.69) is 57.9 Å². The zero-order valence-corrected chi connectivity index (χ0v) is 18.7. The average Bonchev–Trinajstić information content (AvgIpc) is 3.27. The number of benzene rings is 2. The van der Waals surface area contributed by atoms with Crippen LogP contribution in [0.25, 0.3) is 0 Å². The number of piperidine rings is 1. The quantitative estimate of drug-likeness (QED) is 0.676. The summed E-state index contributed by atoms with van der Waals surface area (Å²) in [5.74, 6) is 0.129. The lowest BCUT2D eigenvalue weighted by Gasteiger charge is -2.34. The van der Waals surface area contributed by atoms with Gasteiger partial charge in [0.25, 0.3) is 5.91 Å². The fourth-order valence-electron chi connectivity index (χ4n) is 4.83. The number of rotatable bonds is 5. The van der Waals surface area contributed by atoms with Crippen molar-refractivity contribution in [1.29, 1.82) is 0 Å². The molecular weight excluding hydrogens is 398 g/mol. The summed E-state index contributed by atoms with van der Waals surface area (Å²) in [6.07, 6.45) is 7.16. The van der Waals surface area contributed by atoms with Gasteiger partial charge in [-0.3, -0.25) is 9.48 Å². The minimum atomic E-state index is 0.129. The number of amides is 1. The predicted molar refractivity (Wildman–Crippen MR) is 127 cm³/mol. The van der Waals surface area contributed by atoms with Crippen LogP contribution in [0.15, 0.2) is 60.9 Å². The highest BCUT2D eigenvalue weighted by Crippen LogP contribution is 2.23. The maximum atomic E-state index is 13.0. The van der Waals surface area contributed by atoms with Crippen molar-refractivity contribution in [3.8, 4) is 0 Å². The van der Waals surface area contributed by atoms with Crippen molar-refractivity contribution >= 4 is 11.6 Å². The highest BCUT2D eigenvalue weighted by molar-refractivity contribution is 5.94. The van der Waals surface area contributed by atoms with Gasteiger partial charge in [-0.2, -0.15) is 5.10 Å². The van der Waals surface area contributed by atoms with Crippen molar-refractivity contribution in [3.63, 3.8) is 0 Å². The van der Waals surface area contributed by atoms with Crippen LogP contribution in [0.4, 0.5) is 5.69 Å². The van der Waals surface area contributed by atoms with Crippen LogP contribution in [0, 0.1) is 0 Å². The number of aryl methyl sites for hydroxylation is 1. The SMILES string of the molecule is Cn1cc(CNC2CCN(c3ccc(C(=O)N4CCc5ccccc5C4)cc3)CC2)cn1. The highest BCUT2D eigenvalue weighted by Gasteiger charge is 2.23. The van der Waals surface area contributed by atoms with Gasteiger partial charge in [0, 0.05) is 68.8 Å². The van der Waals surface area contributed by atoms with E-state index in [4.69, 9.17) is 0 Å². The molecule has 1 N–H and O–H groups in total. The molecule has 3 aromatic rings. The maximum Gasteiger partial charge on any atom is 0.254 e. The fraction of sp³-hybridized carbons (Fsp3) is 0.385. The molecule has 0 spiro atoms. The van der Waals surface area contributed by atoms with Crippen LogP contribution < -0.4 is 10.2 Å². The molecule has 0 bridgehead atoms. The van der Waals surface area contributed by atoms with Crippen LogP contribution in [0.2, 0.25) is 0 Å². The third-order valence-corrected chi connectivity index (χ3v) is 6.75. The first-order chi connectivity index (χ1) is 15.7. The summed E-state index contributed by atoms with van der Waals surface area (Å²) < 4.78 is 1.85. The molecule has 6 heteroatoms. The summed E-state index contributed by atoms with van der Waals surface area (Å²) in [7, 11) is 1.95. The Bertz CT molecular complexity index is 1070. The van der Waals surface area contributed by atoms with Crippen LogP contribution >= 0.6 is 0 Å². The normalized spacial score (nSPS) is 16.8. The van der Waals surface area contributed by atoms with E-state index >= 15 is 0 Å². The monoisotopic (exact) mass is 429 g/mol. The van der Waals surface area contributed by atoms with Gasteiger partial charge in [-0.15, -0.1) is 0 Å². The molecule has 1 amide bonds. The van der Waals surface area contributed by atoms with Gasteiger partial charge in [0.2, 0.25) is 0 Å². The molecule has 0 aliphatic carbocycles. The number of aromatic nitrogens is 2. The summed E-state index contributed by atoms with van der Waals surface area (Å²) in [5, 5.41) is 7.89. The number of fused-ring (bicyclic) bond motifs is 1. The number of nitrogens with one attached hydrogen (secondary N) is 1. The molecule has 2 aliphatic rings. The van der Waals surface area contributed by atoms with E-state index in [1.54, 1.807) is 0 Å². The lowest BCUT2D eigenvalue weighted by atomic mass is 9.99. The molecule has 0 saturated carbocycles. The van der Waals surface area contributed by atoms with Gasteiger partial charge in [0.1, 0.15) is 0 Å². The molecule has 32 heavy (non-hydrogen) atoms. The van der Waals surface area contributed by atoms with Gasteiger partial charge >= 0.3 is 0 Å². The maximum absolute atomic E-state index is 13.0. The van der Waals surface area contributed by atoms with Crippen molar-refractivity contribution in [2.45, 2.75) is 38.4 Å². The van der Waals surface area contributed by atoms with Crippen LogP contribution in [-0.4, -0.2) is 46.3 Å². The van der Waals surface area contributed by atoms with E-state index in [1.165, 1.54) is 22.4 Å². The third-order valence-electron chi connectivity index (χ3n) is 6.75. The predicted octanol–water partition coefficient (Wildman–Crippen LogP) is 3.38. The Labute approximate surface area is 189 Å². The Morgan fingerprint density at radius 2 is 1.78 bits per heavy atom. The highest BCUT2D eigenvalue weighted by atomic mass is 16.2. The van der Waals surface area contributed by atoms with E-state index in [9.17, 15) is 4.79 Å². The minimum Gasteiger partial charge on any atom is -0.371 e. The Hall–Kier alpha value is -3.12. The molecule has 1 saturated heterocycles. The molecule has 5 rings (SSSR count). The summed E-state index contributed by atoms with van der Waals surface area (Å²) >= 11 is 0. The second-order valence-corrected chi connectivity index (χ2v) is 8.96. The Morgan fingerprint density at radius 3 is 2.50 bits per heavy atom.